The summed E-state index contributed by atoms with van der Waals surface area (Å²) in [5.74, 6) is 0. The SMILES string of the molecule is c1ccc(-c2cccc(-c3cccc(-c4ccccc4)n3)c2)cc1. The minimum atomic E-state index is 0.995. The van der Waals surface area contributed by atoms with Gasteiger partial charge in [-0.25, -0.2) is 4.98 Å². The van der Waals surface area contributed by atoms with Gasteiger partial charge in [0, 0.05) is 11.1 Å². The number of hydrogen-bond donors (Lipinski definition) is 0. The summed E-state index contributed by atoms with van der Waals surface area (Å²) >= 11 is 0. The lowest BCUT2D eigenvalue weighted by Gasteiger charge is -2.07. The molecule has 0 atom stereocenters. The molecule has 4 rings (SSSR count). The largest absolute Gasteiger partial charge is 0.248 e. The van der Waals surface area contributed by atoms with E-state index in [1.54, 1.807) is 0 Å². The van der Waals surface area contributed by atoms with E-state index in [-0.39, 0.29) is 0 Å². The van der Waals surface area contributed by atoms with Gasteiger partial charge in [-0.2, -0.15) is 0 Å². The van der Waals surface area contributed by atoms with Crippen LogP contribution >= 0.6 is 0 Å². The Morgan fingerprint density at radius 3 is 1.58 bits per heavy atom. The lowest BCUT2D eigenvalue weighted by atomic mass is 10.0. The molecule has 0 unspecified atom stereocenters. The molecule has 1 heteroatoms. The Kier molecular flexibility index (Phi) is 3.91. The maximum atomic E-state index is 4.85. The van der Waals surface area contributed by atoms with Crippen molar-refractivity contribution < 1.29 is 0 Å². The first-order valence-corrected chi connectivity index (χ1v) is 8.08. The maximum Gasteiger partial charge on any atom is 0.0709 e. The van der Waals surface area contributed by atoms with Gasteiger partial charge in [0.2, 0.25) is 0 Å². The van der Waals surface area contributed by atoms with Crippen LogP contribution in [0.25, 0.3) is 33.6 Å². The minimum Gasteiger partial charge on any atom is -0.248 e. The molecular weight excluding hydrogens is 290 g/mol. The lowest BCUT2D eigenvalue weighted by Crippen LogP contribution is -1.88. The van der Waals surface area contributed by atoms with E-state index in [9.17, 15) is 0 Å². The smallest absolute Gasteiger partial charge is 0.0709 e. The van der Waals surface area contributed by atoms with Gasteiger partial charge in [-0.1, -0.05) is 84.9 Å². The van der Waals surface area contributed by atoms with Gasteiger partial charge in [0.1, 0.15) is 0 Å². The van der Waals surface area contributed by atoms with Crippen molar-refractivity contribution >= 4 is 0 Å². The highest BCUT2D eigenvalue weighted by Gasteiger charge is 2.05. The molecule has 3 aromatic carbocycles. The summed E-state index contributed by atoms with van der Waals surface area (Å²) in [7, 11) is 0. The van der Waals surface area contributed by atoms with Crippen molar-refractivity contribution in [1.29, 1.82) is 0 Å². The van der Waals surface area contributed by atoms with Gasteiger partial charge in [0.05, 0.1) is 11.4 Å². The van der Waals surface area contributed by atoms with Crippen LogP contribution in [0.3, 0.4) is 0 Å². The van der Waals surface area contributed by atoms with Gasteiger partial charge in [-0.3, -0.25) is 0 Å². The van der Waals surface area contributed by atoms with Crippen LogP contribution in [0.4, 0.5) is 0 Å². The van der Waals surface area contributed by atoms with Crippen molar-refractivity contribution in [3.8, 4) is 33.6 Å². The van der Waals surface area contributed by atoms with Gasteiger partial charge < -0.3 is 0 Å². The fourth-order valence-corrected chi connectivity index (χ4v) is 2.85. The molecule has 0 saturated heterocycles. The number of aromatic nitrogens is 1. The van der Waals surface area contributed by atoms with Gasteiger partial charge in [0.15, 0.2) is 0 Å². The standard InChI is InChI=1S/C23H17N/c1-3-9-18(10-4-1)20-13-7-14-21(17-20)23-16-8-15-22(24-23)19-11-5-2-6-12-19/h1-17H. The van der Waals surface area contributed by atoms with E-state index < -0.39 is 0 Å². The van der Waals surface area contributed by atoms with E-state index in [0.29, 0.717) is 0 Å². The predicted octanol–water partition coefficient (Wildman–Crippen LogP) is 6.08. The van der Waals surface area contributed by atoms with Gasteiger partial charge in [-0.05, 0) is 29.3 Å². The topological polar surface area (TPSA) is 12.9 Å². The monoisotopic (exact) mass is 307 g/mol. The number of pyridine rings is 1. The molecule has 0 fully saturated rings. The second kappa shape index (κ2) is 6.51. The van der Waals surface area contributed by atoms with Crippen LogP contribution in [0.15, 0.2) is 103 Å². The van der Waals surface area contributed by atoms with Crippen LogP contribution in [0.2, 0.25) is 0 Å². The molecule has 0 radical (unpaired) electrons. The van der Waals surface area contributed by atoms with E-state index in [4.69, 9.17) is 4.98 Å². The molecule has 0 spiro atoms. The molecule has 1 nitrogen and oxygen atoms in total. The Bertz CT molecular complexity index is 863. The highest BCUT2D eigenvalue weighted by atomic mass is 14.7. The Morgan fingerprint density at radius 1 is 0.375 bits per heavy atom. The Balaban J connectivity index is 1.75. The lowest BCUT2D eigenvalue weighted by molar-refractivity contribution is 1.32. The van der Waals surface area contributed by atoms with E-state index in [1.165, 1.54) is 11.1 Å². The number of nitrogens with zero attached hydrogens (tertiary/aromatic N) is 1. The minimum absolute atomic E-state index is 0.995. The first-order valence-electron chi connectivity index (χ1n) is 8.08. The molecule has 0 aliphatic carbocycles. The summed E-state index contributed by atoms with van der Waals surface area (Å²) in [5.41, 5.74) is 6.69. The predicted molar refractivity (Wildman–Crippen MR) is 101 cm³/mol. The molecule has 0 N–H and O–H groups in total. The molecule has 4 aromatic rings. The summed E-state index contributed by atoms with van der Waals surface area (Å²) in [5, 5.41) is 0. The third kappa shape index (κ3) is 2.97. The first-order chi connectivity index (χ1) is 11.9. The van der Waals surface area contributed by atoms with Crippen molar-refractivity contribution in [2.45, 2.75) is 0 Å². The molecule has 114 valence electrons. The molecule has 0 saturated carbocycles. The summed E-state index contributed by atoms with van der Waals surface area (Å²) in [4.78, 5) is 4.85. The maximum absolute atomic E-state index is 4.85. The molecule has 1 heterocycles. The van der Waals surface area contributed by atoms with Crippen molar-refractivity contribution in [2.24, 2.45) is 0 Å². The third-order valence-electron chi connectivity index (χ3n) is 4.08. The number of hydrogen-bond acceptors (Lipinski definition) is 1. The Hall–Kier alpha value is -3.19. The molecule has 0 aliphatic heterocycles. The number of rotatable bonds is 3. The second-order valence-electron chi connectivity index (χ2n) is 5.72. The van der Waals surface area contributed by atoms with Crippen molar-refractivity contribution in [3.63, 3.8) is 0 Å². The zero-order chi connectivity index (χ0) is 16.2. The van der Waals surface area contributed by atoms with Crippen molar-refractivity contribution in [1.82, 2.24) is 4.98 Å². The highest BCUT2D eigenvalue weighted by Crippen LogP contribution is 2.27. The first kappa shape index (κ1) is 14.4. The zero-order valence-corrected chi connectivity index (χ0v) is 13.3. The van der Waals surface area contributed by atoms with Crippen LogP contribution in [0.1, 0.15) is 0 Å². The zero-order valence-electron chi connectivity index (χ0n) is 13.3. The van der Waals surface area contributed by atoms with Crippen LogP contribution in [0.5, 0.6) is 0 Å². The van der Waals surface area contributed by atoms with Gasteiger partial charge >= 0.3 is 0 Å². The summed E-state index contributed by atoms with van der Waals surface area (Å²) in [6, 6.07) is 35.5. The summed E-state index contributed by atoms with van der Waals surface area (Å²) in [6.07, 6.45) is 0. The van der Waals surface area contributed by atoms with Crippen LogP contribution in [-0.4, -0.2) is 4.98 Å². The Labute approximate surface area is 142 Å². The van der Waals surface area contributed by atoms with Crippen molar-refractivity contribution in [3.05, 3.63) is 103 Å². The van der Waals surface area contributed by atoms with E-state index >= 15 is 0 Å². The molecule has 24 heavy (non-hydrogen) atoms. The van der Waals surface area contributed by atoms with Gasteiger partial charge in [-0.15, -0.1) is 0 Å². The van der Waals surface area contributed by atoms with E-state index in [2.05, 4.69) is 78.9 Å². The second-order valence-corrected chi connectivity index (χ2v) is 5.72. The fraction of sp³-hybridized carbons (Fsp3) is 0. The molecule has 1 aromatic heterocycles. The molecule has 0 aliphatic rings. The molecule has 0 bridgehead atoms. The van der Waals surface area contributed by atoms with E-state index in [1.807, 2.05) is 24.3 Å². The fourth-order valence-electron chi connectivity index (χ4n) is 2.85. The third-order valence-corrected chi connectivity index (χ3v) is 4.08. The number of benzene rings is 3. The van der Waals surface area contributed by atoms with Crippen LogP contribution in [0, 0.1) is 0 Å². The van der Waals surface area contributed by atoms with Crippen molar-refractivity contribution in [2.75, 3.05) is 0 Å². The van der Waals surface area contributed by atoms with Crippen LogP contribution < -0.4 is 0 Å². The normalized spacial score (nSPS) is 10.5. The summed E-state index contributed by atoms with van der Waals surface area (Å²) in [6.45, 7) is 0. The van der Waals surface area contributed by atoms with E-state index in [0.717, 1.165) is 22.5 Å². The van der Waals surface area contributed by atoms with Crippen LogP contribution in [-0.2, 0) is 0 Å². The summed E-state index contributed by atoms with van der Waals surface area (Å²) < 4.78 is 0. The average molecular weight is 307 g/mol. The molecular formula is C23H17N. The highest BCUT2D eigenvalue weighted by molar-refractivity contribution is 5.72. The quantitative estimate of drug-likeness (QED) is 0.447. The van der Waals surface area contributed by atoms with Gasteiger partial charge in [0.25, 0.3) is 0 Å². The Morgan fingerprint density at radius 2 is 0.875 bits per heavy atom. The average Bonchev–Trinajstić information content (AvgIpc) is 2.70. The molecule has 0 amide bonds.